The summed E-state index contributed by atoms with van der Waals surface area (Å²) in [4.78, 5) is 34.2. The molecule has 1 unspecified atom stereocenters. The van der Waals surface area contributed by atoms with Gasteiger partial charge in [0.25, 0.3) is 5.56 Å². The number of nitrogens with zero attached hydrogens (tertiary/aromatic N) is 3. The smallest absolute Gasteiger partial charge is 0.266 e. The van der Waals surface area contributed by atoms with E-state index < -0.39 is 6.04 Å². The number of aryl methyl sites for hydroxylation is 1. The summed E-state index contributed by atoms with van der Waals surface area (Å²) in [6.07, 6.45) is 4.42. The lowest BCUT2D eigenvalue weighted by Gasteiger charge is -2.35. The number of carbonyl (C=O) groups is 1. The Labute approximate surface area is 204 Å². The van der Waals surface area contributed by atoms with Crippen LogP contribution in [-0.2, 0) is 11.3 Å². The van der Waals surface area contributed by atoms with Crippen LogP contribution in [0, 0.1) is 12.8 Å². The van der Waals surface area contributed by atoms with Crippen LogP contribution in [0.15, 0.2) is 70.1 Å². The van der Waals surface area contributed by atoms with Gasteiger partial charge in [-0.2, -0.15) is 0 Å². The van der Waals surface area contributed by atoms with Gasteiger partial charge in [0, 0.05) is 5.92 Å². The van der Waals surface area contributed by atoms with Gasteiger partial charge in [0.15, 0.2) is 0 Å². The first-order chi connectivity index (χ1) is 17.0. The third-order valence-corrected chi connectivity index (χ3v) is 6.86. The van der Waals surface area contributed by atoms with E-state index in [1.807, 2.05) is 62.4 Å². The molecule has 1 amide bonds. The lowest BCUT2D eigenvalue weighted by Crippen LogP contribution is -2.42. The van der Waals surface area contributed by atoms with Gasteiger partial charge in [-0.05, 0) is 68.7 Å². The maximum atomic E-state index is 13.9. The Morgan fingerprint density at radius 3 is 2.69 bits per heavy atom. The van der Waals surface area contributed by atoms with Gasteiger partial charge in [-0.15, -0.1) is 0 Å². The molecular weight excluding hydrogens is 442 g/mol. The van der Waals surface area contributed by atoms with Gasteiger partial charge in [-0.3, -0.25) is 14.2 Å². The van der Waals surface area contributed by atoms with Gasteiger partial charge < -0.3 is 14.1 Å². The largest absolute Gasteiger partial charge is 0.495 e. The van der Waals surface area contributed by atoms with Gasteiger partial charge in [-0.1, -0.05) is 24.6 Å². The lowest BCUT2D eigenvalue weighted by atomic mass is 9.84. The van der Waals surface area contributed by atoms with E-state index in [0.29, 0.717) is 40.5 Å². The second-order valence-corrected chi connectivity index (χ2v) is 9.15. The molecule has 0 spiro atoms. The number of fused-ring (bicyclic) bond motifs is 1. The van der Waals surface area contributed by atoms with Crippen LogP contribution in [0.4, 0.5) is 0 Å². The summed E-state index contributed by atoms with van der Waals surface area (Å²) in [6, 6.07) is 16.2. The molecule has 7 nitrogen and oxygen atoms in total. The second-order valence-electron chi connectivity index (χ2n) is 9.15. The summed E-state index contributed by atoms with van der Waals surface area (Å²) >= 11 is 0. The number of carbonyl (C=O) groups excluding carboxylic acids is 1. The summed E-state index contributed by atoms with van der Waals surface area (Å²) in [7, 11) is 1.58. The molecule has 2 heterocycles. The molecule has 0 saturated heterocycles. The van der Waals surface area contributed by atoms with Crippen molar-refractivity contribution in [2.24, 2.45) is 5.92 Å². The highest BCUT2D eigenvalue weighted by Crippen LogP contribution is 2.34. The van der Waals surface area contributed by atoms with Crippen molar-refractivity contribution in [3.63, 3.8) is 0 Å². The van der Waals surface area contributed by atoms with E-state index in [1.54, 1.807) is 28.9 Å². The van der Waals surface area contributed by atoms with Crippen LogP contribution in [0.3, 0.4) is 0 Å². The van der Waals surface area contributed by atoms with Gasteiger partial charge in [0.05, 0.1) is 42.5 Å². The zero-order valence-electron chi connectivity index (χ0n) is 20.2. The first-order valence-electron chi connectivity index (χ1n) is 12.0. The highest BCUT2D eigenvalue weighted by atomic mass is 16.5. The molecule has 4 aromatic rings. The van der Waals surface area contributed by atoms with E-state index >= 15 is 0 Å². The number of ether oxygens (including phenoxy) is 1. The van der Waals surface area contributed by atoms with Crippen LogP contribution in [0.2, 0.25) is 0 Å². The van der Waals surface area contributed by atoms with E-state index in [9.17, 15) is 9.59 Å². The molecular formula is C28H29N3O4. The molecule has 0 aliphatic heterocycles. The lowest BCUT2D eigenvalue weighted by molar-refractivity contribution is -0.141. The molecule has 7 heteroatoms. The summed E-state index contributed by atoms with van der Waals surface area (Å²) in [5.74, 6) is 1.78. The molecule has 0 N–H and O–H groups in total. The monoisotopic (exact) mass is 471 g/mol. The van der Waals surface area contributed by atoms with Crippen molar-refractivity contribution in [1.29, 1.82) is 0 Å². The van der Waals surface area contributed by atoms with E-state index in [4.69, 9.17) is 14.1 Å². The Morgan fingerprint density at radius 2 is 2.00 bits per heavy atom. The molecule has 35 heavy (non-hydrogen) atoms. The predicted molar refractivity (Wildman–Crippen MR) is 134 cm³/mol. The fraction of sp³-hybridized carbons (Fsp3) is 0.321. The van der Waals surface area contributed by atoms with Gasteiger partial charge in [0.2, 0.25) is 5.91 Å². The molecule has 1 saturated carbocycles. The van der Waals surface area contributed by atoms with E-state index in [1.165, 1.54) is 0 Å². The standard InChI is InChI=1S/C28H29N3O4/c1-18-13-14-25(34-3)24(16-18)31-26(29-23-12-5-4-11-22(23)28(31)33)19(2)30(17-21-10-7-15-35-21)27(32)20-8-6-9-20/h4-5,7,10-16,19-20H,6,8-9,17H2,1-3H3. The van der Waals surface area contributed by atoms with Crippen molar-refractivity contribution >= 4 is 16.8 Å². The zero-order chi connectivity index (χ0) is 24.5. The summed E-state index contributed by atoms with van der Waals surface area (Å²) < 4.78 is 12.8. The minimum Gasteiger partial charge on any atom is -0.495 e. The van der Waals surface area contributed by atoms with Crippen LogP contribution in [0.5, 0.6) is 5.75 Å². The number of hydrogen-bond donors (Lipinski definition) is 0. The van der Waals surface area contributed by atoms with Crippen molar-refractivity contribution < 1.29 is 13.9 Å². The molecule has 1 aliphatic carbocycles. The predicted octanol–water partition coefficient (Wildman–Crippen LogP) is 5.19. The second kappa shape index (κ2) is 9.41. The number of furan rings is 1. The van der Waals surface area contributed by atoms with Crippen molar-refractivity contribution in [3.05, 3.63) is 88.4 Å². The van der Waals surface area contributed by atoms with Gasteiger partial charge in [-0.25, -0.2) is 4.98 Å². The average molecular weight is 472 g/mol. The Bertz CT molecular complexity index is 1420. The highest BCUT2D eigenvalue weighted by Gasteiger charge is 2.35. The number of aromatic nitrogens is 2. The average Bonchev–Trinajstić information content (AvgIpc) is 3.34. The molecule has 2 aromatic carbocycles. The fourth-order valence-electron chi connectivity index (χ4n) is 4.64. The summed E-state index contributed by atoms with van der Waals surface area (Å²) in [6.45, 7) is 4.20. The van der Waals surface area contributed by atoms with Crippen molar-refractivity contribution in [2.45, 2.75) is 45.7 Å². The minimum atomic E-state index is -0.490. The quantitative estimate of drug-likeness (QED) is 0.371. The van der Waals surface area contributed by atoms with E-state index in [2.05, 4.69) is 0 Å². The van der Waals surface area contributed by atoms with E-state index in [-0.39, 0.29) is 17.4 Å². The number of methoxy groups -OCH3 is 1. The van der Waals surface area contributed by atoms with Crippen molar-refractivity contribution in [1.82, 2.24) is 14.5 Å². The Kier molecular flexibility index (Phi) is 6.16. The van der Waals surface area contributed by atoms with Crippen LogP contribution in [0.25, 0.3) is 16.6 Å². The minimum absolute atomic E-state index is 0.0125. The maximum Gasteiger partial charge on any atom is 0.266 e. The molecule has 5 rings (SSSR count). The number of para-hydroxylation sites is 1. The molecule has 2 aromatic heterocycles. The zero-order valence-corrected chi connectivity index (χ0v) is 20.2. The Morgan fingerprint density at radius 1 is 1.20 bits per heavy atom. The first-order valence-corrected chi connectivity index (χ1v) is 12.0. The van der Waals surface area contributed by atoms with Crippen LogP contribution in [0.1, 0.15) is 49.4 Å². The molecule has 180 valence electrons. The third-order valence-electron chi connectivity index (χ3n) is 6.86. The van der Waals surface area contributed by atoms with Crippen LogP contribution in [-0.4, -0.2) is 27.5 Å². The third kappa shape index (κ3) is 4.22. The normalized spacial score (nSPS) is 14.5. The van der Waals surface area contributed by atoms with E-state index in [0.717, 1.165) is 24.8 Å². The number of benzene rings is 2. The summed E-state index contributed by atoms with van der Waals surface area (Å²) in [5.41, 5.74) is 1.98. The molecule has 0 bridgehead atoms. The summed E-state index contributed by atoms with van der Waals surface area (Å²) in [5, 5.41) is 0.509. The number of rotatable bonds is 7. The SMILES string of the molecule is COc1ccc(C)cc1-n1c(C(C)N(Cc2ccco2)C(=O)C2CCC2)nc2ccccc2c1=O. The number of hydrogen-bond acceptors (Lipinski definition) is 5. The first kappa shape index (κ1) is 22.9. The van der Waals surface area contributed by atoms with Crippen LogP contribution < -0.4 is 10.3 Å². The topological polar surface area (TPSA) is 77.6 Å². The van der Waals surface area contributed by atoms with Crippen molar-refractivity contribution in [2.75, 3.05) is 7.11 Å². The maximum absolute atomic E-state index is 13.9. The van der Waals surface area contributed by atoms with Gasteiger partial charge >= 0.3 is 0 Å². The molecule has 0 radical (unpaired) electrons. The highest BCUT2D eigenvalue weighted by molar-refractivity contribution is 5.81. The number of amides is 1. The molecule has 1 aliphatic rings. The molecule has 1 fully saturated rings. The van der Waals surface area contributed by atoms with Crippen LogP contribution >= 0.6 is 0 Å². The Hall–Kier alpha value is -3.87. The Balaban J connectivity index is 1.72. The molecule has 1 atom stereocenters. The van der Waals surface area contributed by atoms with Crippen molar-refractivity contribution in [3.8, 4) is 11.4 Å². The van der Waals surface area contributed by atoms with Gasteiger partial charge in [0.1, 0.15) is 17.3 Å². The fourth-order valence-corrected chi connectivity index (χ4v) is 4.64.